The normalized spacial score (nSPS) is 20.1. The van der Waals surface area contributed by atoms with E-state index in [2.05, 4.69) is 37.1 Å². The number of ether oxygens (including phenoxy) is 1. The van der Waals surface area contributed by atoms with E-state index >= 15 is 0 Å². The summed E-state index contributed by atoms with van der Waals surface area (Å²) in [5, 5.41) is 33.2. The second-order valence-electron chi connectivity index (χ2n) is 15.5. The molecule has 0 spiro atoms. The topological polar surface area (TPSA) is 217 Å². The van der Waals surface area contributed by atoms with Crippen molar-refractivity contribution in [1.29, 1.82) is 0 Å². The summed E-state index contributed by atoms with van der Waals surface area (Å²) in [6, 6.07) is 12.5. The lowest BCUT2D eigenvalue weighted by Gasteiger charge is -2.33. The third-order valence-electron chi connectivity index (χ3n) is 10.7. The van der Waals surface area contributed by atoms with E-state index in [0.717, 1.165) is 38.5 Å². The highest BCUT2D eigenvalue weighted by Gasteiger charge is 2.43. The Balaban J connectivity index is 1.10. The van der Waals surface area contributed by atoms with E-state index < -0.39 is 48.6 Å². The van der Waals surface area contributed by atoms with E-state index in [9.17, 15) is 34.5 Å². The number of nitrogens with one attached hydrogen (secondary N) is 3. The van der Waals surface area contributed by atoms with E-state index in [1.54, 1.807) is 31.1 Å². The number of methoxy groups -OCH3 is 1. The van der Waals surface area contributed by atoms with Gasteiger partial charge in [0.1, 0.15) is 23.7 Å². The van der Waals surface area contributed by atoms with Crippen molar-refractivity contribution in [3.05, 3.63) is 83.7 Å². The molecule has 16 nitrogen and oxygen atoms in total. The monoisotopic (exact) mass is 794 g/mol. The molecule has 2 saturated heterocycles. The number of carbonyl (C=O) groups excluding carboxylic acids is 3. The van der Waals surface area contributed by atoms with Crippen molar-refractivity contribution < 1.29 is 39.2 Å². The van der Waals surface area contributed by atoms with Gasteiger partial charge in [-0.25, -0.2) is 19.6 Å². The Hall–Kier alpha value is -6.18. The lowest BCUT2D eigenvalue weighted by Crippen LogP contribution is -2.51. The van der Waals surface area contributed by atoms with E-state index in [1.807, 2.05) is 62.4 Å². The Morgan fingerprint density at radius 2 is 1.22 bits per heavy atom. The van der Waals surface area contributed by atoms with Gasteiger partial charge in [0.05, 0.1) is 55.2 Å². The predicted octanol–water partition coefficient (Wildman–Crippen LogP) is 4.15. The van der Waals surface area contributed by atoms with Gasteiger partial charge in [-0.15, -0.1) is 0 Å². The molecule has 6 rings (SSSR count). The number of hydrogen-bond donors (Lipinski definition) is 6. The summed E-state index contributed by atoms with van der Waals surface area (Å²) < 4.78 is 4.71. The van der Waals surface area contributed by atoms with Crippen molar-refractivity contribution >= 4 is 24.0 Å². The van der Waals surface area contributed by atoms with Crippen LogP contribution in [0.2, 0.25) is 0 Å². The van der Waals surface area contributed by atoms with Crippen LogP contribution in [0.3, 0.4) is 0 Å². The van der Waals surface area contributed by atoms with Crippen molar-refractivity contribution in [2.75, 3.05) is 27.2 Å². The maximum Gasteiger partial charge on any atom is 0.407 e. The van der Waals surface area contributed by atoms with Crippen LogP contribution >= 0.6 is 0 Å². The zero-order valence-electron chi connectivity index (χ0n) is 33.3. The summed E-state index contributed by atoms with van der Waals surface area (Å²) in [6.07, 6.45) is 0.562. The highest BCUT2D eigenvalue weighted by atomic mass is 16.5. The van der Waals surface area contributed by atoms with Crippen LogP contribution in [0.4, 0.5) is 9.59 Å². The minimum absolute atomic E-state index is 0.0870. The van der Waals surface area contributed by atoms with Gasteiger partial charge in [-0.2, -0.15) is 0 Å². The highest BCUT2D eigenvalue weighted by molar-refractivity contribution is 5.87. The van der Waals surface area contributed by atoms with Crippen molar-refractivity contribution in [1.82, 2.24) is 40.0 Å². The molecule has 306 valence electrons. The Morgan fingerprint density at radius 1 is 0.776 bits per heavy atom. The fraction of sp³-hybridized carbons (Fsp3) is 0.429. The number of likely N-dealkylation sites (tertiary alicyclic amines) is 2. The molecule has 0 radical (unpaired) electrons. The summed E-state index contributed by atoms with van der Waals surface area (Å²) in [5.41, 5.74) is 4.77. The Labute approximate surface area is 336 Å². The lowest BCUT2D eigenvalue weighted by molar-refractivity contribution is -0.139. The zero-order chi connectivity index (χ0) is 41.8. The standard InChI is InChI=1S/C42H50N8O8/c1-23(2)35(47-41(55)58-6)39(53)49-21-29(51)17-33(49)37-43-19-31(45-37)27-13-9-25(10-14-27)7-8-26-11-15-28(16-12-26)32-20-44-38(46-32)34-18-30(52)22-50(34)40(54)36(24(3)4)48(5)42(56)57/h9-16,19-20,23-24,29-30,33-36,51-52H,17-18,21-22H2,1-6H3,(H,43,45)(H,44,46)(H,47,55)(H,56,57)/t29-,30-,33+,34+,35+,36+/m1/s1. The number of aromatic amines is 2. The first-order valence-corrected chi connectivity index (χ1v) is 19.2. The van der Waals surface area contributed by atoms with Crippen LogP contribution in [-0.4, -0.2) is 125 Å². The Kier molecular flexibility index (Phi) is 12.5. The quantitative estimate of drug-likeness (QED) is 0.126. The first-order chi connectivity index (χ1) is 27.6. The summed E-state index contributed by atoms with van der Waals surface area (Å²) in [4.78, 5) is 70.6. The third kappa shape index (κ3) is 9.01. The molecular formula is C42H50N8O8. The molecule has 0 saturated carbocycles. The van der Waals surface area contributed by atoms with Crippen LogP contribution < -0.4 is 5.32 Å². The van der Waals surface area contributed by atoms with Crippen molar-refractivity contribution in [2.24, 2.45) is 11.8 Å². The number of hydrogen-bond acceptors (Lipinski definition) is 9. The molecule has 0 bridgehead atoms. The third-order valence-corrected chi connectivity index (χ3v) is 10.7. The van der Waals surface area contributed by atoms with E-state index in [4.69, 9.17) is 4.74 Å². The molecule has 2 aromatic carbocycles. The SMILES string of the molecule is COC(=O)N[C@H](C(=O)N1C[C@H](O)C[C@H]1c1ncc(-c2ccc(C#Cc3ccc(-c4cnc([C@@H]5C[C@@H](O)CN5C(=O)[C@H](C(C)C)N(C)C(=O)O)[nH]4)cc3)cc2)[nH]1)C(C)C. The number of carboxylic acid groups (broad SMARTS) is 1. The fourth-order valence-corrected chi connectivity index (χ4v) is 7.61. The summed E-state index contributed by atoms with van der Waals surface area (Å²) in [5.74, 6) is 6.26. The molecule has 4 aromatic rings. The molecule has 0 aliphatic carbocycles. The van der Waals surface area contributed by atoms with E-state index in [0.29, 0.717) is 18.1 Å². The van der Waals surface area contributed by atoms with Gasteiger partial charge in [-0.3, -0.25) is 14.5 Å². The van der Waals surface area contributed by atoms with E-state index in [-0.39, 0.29) is 43.2 Å². The number of alkyl carbamates (subject to hydrolysis) is 1. The molecule has 2 aliphatic rings. The van der Waals surface area contributed by atoms with E-state index in [1.165, 1.54) is 19.1 Å². The van der Waals surface area contributed by atoms with Gasteiger partial charge < -0.3 is 45.1 Å². The number of aromatic nitrogens is 4. The number of imidazole rings is 2. The van der Waals surface area contributed by atoms with Crippen molar-refractivity contribution in [2.45, 2.75) is 76.9 Å². The number of carbonyl (C=O) groups is 4. The van der Waals surface area contributed by atoms with Crippen LogP contribution in [0.1, 0.15) is 75.4 Å². The average Bonchev–Trinajstić information content (AvgIpc) is 4.02. The molecule has 58 heavy (non-hydrogen) atoms. The number of amides is 4. The van der Waals surface area contributed by atoms with Crippen LogP contribution in [0.25, 0.3) is 22.5 Å². The van der Waals surface area contributed by atoms with Gasteiger partial charge in [0, 0.05) is 44.1 Å². The first-order valence-electron chi connectivity index (χ1n) is 19.2. The average molecular weight is 795 g/mol. The number of β-amino-alcohol motifs (C(OH)–C–C–N with tert-alkyl or cyclic N) is 2. The van der Waals surface area contributed by atoms with Crippen LogP contribution in [0, 0.1) is 23.7 Å². The Morgan fingerprint density at radius 3 is 1.62 bits per heavy atom. The number of nitrogens with zero attached hydrogens (tertiary/aromatic N) is 5. The van der Waals surface area contributed by atoms with Gasteiger partial charge in [-0.1, -0.05) is 63.8 Å². The molecule has 4 heterocycles. The largest absolute Gasteiger partial charge is 0.465 e. The maximum absolute atomic E-state index is 13.6. The molecule has 2 aromatic heterocycles. The number of likely N-dealkylation sites (N-methyl/N-ethyl adjacent to an activating group) is 1. The van der Waals surface area contributed by atoms with Crippen LogP contribution in [0.5, 0.6) is 0 Å². The number of aliphatic hydroxyl groups is 2. The molecule has 16 heteroatoms. The second-order valence-corrected chi connectivity index (χ2v) is 15.5. The lowest BCUT2D eigenvalue weighted by atomic mass is 10.0. The van der Waals surface area contributed by atoms with Gasteiger partial charge in [0.15, 0.2) is 0 Å². The Bertz CT molecular complexity index is 2170. The van der Waals surface area contributed by atoms with Crippen molar-refractivity contribution in [3.63, 3.8) is 0 Å². The fourth-order valence-electron chi connectivity index (χ4n) is 7.61. The van der Waals surface area contributed by atoms with Gasteiger partial charge >= 0.3 is 12.2 Å². The molecule has 4 amide bonds. The van der Waals surface area contributed by atoms with Crippen LogP contribution in [0.15, 0.2) is 60.9 Å². The van der Waals surface area contributed by atoms with Gasteiger partial charge in [0.25, 0.3) is 0 Å². The molecule has 2 aliphatic heterocycles. The van der Waals surface area contributed by atoms with Gasteiger partial charge in [-0.05, 0) is 47.2 Å². The molecule has 6 N–H and O–H groups in total. The number of rotatable bonds is 10. The molecular weight excluding hydrogens is 745 g/mol. The summed E-state index contributed by atoms with van der Waals surface area (Å²) in [6.45, 7) is 7.45. The first kappa shape index (κ1) is 41.5. The number of aliphatic hydroxyl groups excluding tert-OH is 2. The maximum atomic E-state index is 13.6. The van der Waals surface area contributed by atoms with Gasteiger partial charge in [0.2, 0.25) is 11.8 Å². The summed E-state index contributed by atoms with van der Waals surface area (Å²) >= 11 is 0. The number of H-pyrrole nitrogens is 2. The minimum Gasteiger partial charge on any atom is -0.465 e. The molecule has 2 fully saturated rings. The van der Waals surface area contributed by atoms with Crippen LogP contribution in [-0.2, 0) is 14.3 Å². The number of benzene rings is 2. The van der Waals surface area contributed by atoms with Crippen molar-refractivity contribution in [3.8, 4) is 34.4 Å². The highest BCUT2D eigenvalue weighted by Crippen LogP contribution is 2.35. The minimum atomic E-state index is -1.20. The molecule has 0 unspecified atom stereocenters. The molecule has 6 atom stereocenters. The zero-order valence-corrected chi connectivity index (χ0v) is 33.3. The predicted molar refractivity (Wildman–Crippen MR) is 213 cm³/mol. The summed E-state index contributed by atoms with van der Waals surface area (Å²) in [7, 11) is 2.62. The second kappa shape index (κ2) is 17.5. The smallest absolute Gasteiger partial charge is 0.407 e.